The van der Waals surface area contributed by atoms with Crippen molar-refractivity contribution in [3.8, 4) is 10.7 Å². The van der Waals surface area contributed by atoms with Gasteiger partial charge in [0, 0.05) is 24.5 Å². The minimum atomic E-state index is -3.25. The average Bonchev–Trinajstić information content (AvgIpc) is 3.12. The van der Waals surface area contributed by atoms with Gasteiger partial charge >= 0.3 is 0 Å². The number of hydrogen-bond acceptors (Lipinski definition) is 5. The highest BCUT2D eigenvalue weighted by molar-refractivity contribution is 7.89. The molecule has 0 atom stereocenters. The fourth-order valence-corrected chi connectivity index (χ4v) is 4.46. The van der Waals surface area contributed by atoms with E-state index in [2.05, 4.69) is 14.7 Å². The zero-order chi connectivity index (χ0) is 18.2. The molecule has 0 bridgehead atoms. The molecule has 0 spiro atoms. The second kappa shape index (κ2) is 9.02. The van der Waals surface area contributed by atoms with Gasteiger partial charge in [-0.3, -0.25) is 4.98 Å². The summed E-state index contributed by atoms with van der Waals surface area (Å²) < 4.78 is 26.9. The third kappa shape index (κ3) is 5.72. The smallest absolute Gasteiger partial charge is 0.211 e. The van der Waals surface area contributed by atoms with Gasteiger partial charge in [0.1, 0.15) is 5.01 Å². The van der Waals surface area contributed by atoms with Crippen LogP contribution in [0, 0.1) is 0 Å². The van der Waals surface area contributed by atoms with Crippen LogP contribution in [-0.4, -0.2) is 30.7 Å². The molecule has 26 heavy (non-hydrogen) atoms. The first kappa shape index (κ1) is 18.7. The molecule has 2 aromatic heterocycles. The summed E-state index contributed by atoms with van der Waals surface area (Å²) in [6.07, 6.45) is 3.68. The Morgan fingerprint density at radius 3 is 2.58 bits per heavy atom. The predicted octanol–water partition coefficient (Wildman–Crippen LogP) is 3.30. The van der Waals surface area contributed by atoms with Crippen molar-refractivity contribution >= 4 is 21.4 Å². The molecule has 0 saturated heterocycles. The molecule has 2 heterocycles. The molecule has 1 aromatic carbocycles. The molecule has 0 radical (unpaired) electrons. The first-order chi connectivity index (χ1) is 12.6. The zero-order valence-electron chi connectivity index (χ0n) is 14.3. The van der Waals surface area contributed by atoms with E-state index in [1.165, 1.54) is 11.3 Å². The van der Waals surface area contributed by atoms with Crippen LogP contribution in [0.2, 0.25) is 0 Å². The van der Waals surface area contributed by atoms with Crippen molar-refractivity contribution in [3.05, 3.63) is 71.4 Å². The van der Waals surface area contributed by atoms with Crippen molar-refractivity contribution < 1.29 is 8.42 Å². The van der Waals surface area contributed by atoms with E-state index < -0.39 is 10.0 Å². The van der Waals surface area contributed by atoms with E-state index in [1.807, 2.05) is 53.9 Å². The van der Waals surface area contributed by atoms with Crippen LogP contribution >= 0.6 is 11.3 Å². The number of nitrogens with zero attached hydrogens (tertiary/aromatic N) is 2. The second-order valence-corrected chi connectivity index (χ2v) is 8.70. The largest absolute Gasteiger partial charge is 0.254 e. The highest BCUT2D eigenvalue weighted by atomic mass is 32.2. The Bertz CT molecular complexity index is 910. The number of pyridine rings is 1. The Kier molecular flexibility index (Phi) is 6.49. The lowest BCUT2D eigenvalue weighted by Crippen LogP contribution is -2.28. The molecule has 0 saturated carbocycles. The van der Waals surface area contributed by atoms with Crippen LogP contribution in [0.15, 0.2) is 60.1 Å². The lowest BCUT2D eigenvalue weighted by Gasteiger charge is -2.06. The molecule has 0 aliphatic rings. The number of rotatable bonds is 9. The summed E-state index contributed by atoms with van der Waals surface area (Å²) in [6.45, 7) is 0.360. The molecule has 0 unspecified atom stereocenters. The first-order valence-electron chi connectivity index (χ1n) is 8.49. The summed E-state index contributed by atoms with van der Waals surface area (Å²) in [4.78, 5) is 8.80. The van der Waals surface area contributed by atoms with Crippen LogP contribution in [0.4, 0.5) is 0 Å². The molecular formula is C19H21N3O2S2. The van der Waals surface area contributed by atoms with Crippen molar-refractivity contribution in [1.82, 2.24) is 14.7 Å². The maximum Gasteiger partial charge on any atom is 0.211 e. The lowest BCUT2D eigenvalue weighted by atomic mass is 10.1. The van der Waals surface area contributed by atoms with Crippen LogP contribution in [-0.2, 0) is 22.9 Å². The van der Waals surface area contributed by atoms with Gasteiger partial charge < -0.3 is 0 Å². The molecule has 0 aliphatic carbocycles. The highest BCUT2D eigenvalue weighted by Gasteiger charge is 2.11. The highest BCUT2D eigenvalue weighted by Crippen LogP contribution is 2.21. The standard InChI is InChI=1S/C19H21N3O2S2/c23-26(24,14-6-9-16-7-2-1-3-8-16)21-13-11-17-15-25-19(22-17)18-10-4-5-12-20-18/h1-5,7-8,10,12,15,21H,6,9,11,13-14H2. The number of thiazole rings is 1. The SMILES string of the molecule is O=S(=O)(CCCc1ccccc1)NCCc1csc(-c2ccccn2)n1. The number of hydrogen-bond donors (Lipinski definition) is 1. The van der Waals surface area contributed by atoms with Crippen LogP contribution in [0.1, 0.15) is 17.7 Å². The number of sulfonamides is 1. The minimum absolute atomic E-state index is 0.137. The second-order valence-electron chi connectivity index (χ2n) is 5.91. The van der Waals surface area contributed by atoms with Gasteiger partial charge in [0.2, 0.25) is 10.0 Å². The normalized spacial score (nSPS) is 11.5. The Labute approximate surface area is 158 Å². The molecule has 7 heteroatoms. The Hall–Kier alpha value is -2.09. The predicted molar refractivity (Wildman–Crippen MR) is 106 cm³/mol. The fourth-order valence-electron chi connectivity index (χ4n) is 2.55. The molecule has 3 aromatic rings. The van der Waals surface area contributed by atoms with Gasteiger partial charge in [0.05, 0.1) is 17.1 Å². The number of nitrogens with one attached hydrogen (secondary N) is 1. The summed E-state index contributed by atoms with van der Waals surface area (Å²) in [5.74, 6) is 0.137. The Morgan fingerprint density at radius 2 is 1.81 bits per heavy atom. The maximum absolute atomic E-state index is 12.1. The van der Waals surface area contributed by atoms with Crippen LogP contribution < -0.4 is 4.72 Å². The zero-order valence-corrected chi connectivity index (χ0v) is 16.0. The summed E-state index contributed by atoms with van der Waals surface area (Å²) in [6, 6.07) is 15.6. The molecule has 136 valence electrons. The van der Waals surface area contributed by atoms with E-state index >= 15 is 0 Å². The Balaban J connectivity index is 1.43. The van der Waals surface area contributed by atoms with Crippen molar-refractivity contribution in [3.63, 3.8) is 0 Å². The van der Waals surface area contributed by atoms with E-state index in [1.54, 1.807) is 6.20 Å². The van der Waals surface area contributed by atoms with Gasteiger partial charge in [-0.05, 0) is 30.5 Å². The van der Waals surface area contributed by atoms with Crippen molar-refractivity contribution in [2.24, 2.45) is 0 Å². The van der Waals surface area contributed by atoms with Gasteiger partial charge in [0.15, 0.2) is 0 Å². The van der Waals surface area contributed by atoms with Crippen LogP contribution in [0.5, 0.6) is 0 Å². The third-order valence-electron chi connectivity index (χ3n) is 3.86. The number of aromatic nitrogens is 2. The first-order valence-corrected chi connectivity index (χ1v) is 11.0. The third-order valence-corrected chi connectivity index (χ3v) is 6.24. The molecule has 5 nitrogen and oxygen atoms in total. The average molecular weight is 388 g/mol. The van der Waals surface area contributed by atoms with E-state index in [0.717, 1.165) is 28.4 Å². The van der Waals surface area contributed by atoms with E-state index in [4.69, 9.17) is 0 Å². The topological polar surface area (TPSA) is 72.0 Å². The lowest BCUT2D eigenvalue weighted by molar-refractivity contribution is 0.578. The fraction of sp³-hybridized carbons (Fsp3) is 0.263. The van der Waals surface area contributed by atoms with E-state index in [0.29, 0.717) is 19.4 Å². The monoisotopic (exact) mass is 387 g/mol. The Morgan fingerprint density at radius 1 is 1.00 bits per heavy atom. The number of aryl methyl sites for hydroxylation is 1. The van der Waals surface area contributed by atoms with Gasteiger partial charge in [-0.15, -0.1) is 11.3 Å². The van der Waals surface area contributed by atoms with Crippen molar-refractivity contribution in [2.75, 3.05) is 12.3 Å². The van der Waals surface area contributed by atoms with Crippen molar-refractivity contribution in [2.45, 2.75) is 19.3 Å². The van der Waals surface area contributed by atoms with Crippen LogP contribution in [0.3, 0.4) is 0 Å². The van der Waals surface area contributed by atoms with Gasteiger partial charge in [-0.25, -0.2) is 18.1 Å². The molecule has 0 amide bonds. The van der Waals surface area contributed by atoms with E-state index in [9.17, 15) is 8.42 Å². The molecule has 0 fully saturated rings. The minimum Gasteiger partial charge on any atom is -0.254 e. The summed E-state index contributed by atoms with van der Waals surface area (Å²) in [5, 5.41) is 2.81. The summed E-state index contributed by atoms with van der Waals surface area (Å²) >= 11 is 1.52. The van der Waals surface area contributed by atoms with Gasteiger partial charge in [-0.1, -0.05) is 36.4 Å². The molecule has 0 aliphatic heterocycles. The number of benzene rings is 1. The quantitative estimate of drug-likeness (QED) is 0.611. The molecule has 1 N–H and O–H groups in total. The van der Waals surface area contributed by atoms with Crippen LogP contribution in [0.25, 0.3) is 10.7 Å². The van der Waals surface area contributed by atoms with E-state index in [-0.39, 0.29) is 5.75 Å². The summed E-state index contributed by atoms with van der Waals surface area (Å²) in [7, 11) is -3.25. The summed E-state index contributed by atoms with van der Waals surface area (Å²) in [5.41, 5.74) is 2.88. The van der Waals surface area contributed by atoms with Gasteiger partial charge in [0.25, 0.3) is 0 Å². The molecule has 3 rings (SSSR count). The maximum atomic E-state index is 12.1. The van der Waals surface area contributed by atoms with Gasteiger partial charge in [-0.2, -0.15) is 0 Å². The molecular weight excluding hydrogens is 366 g/mol. The van der Waals surface area contributed by atoms with Crippen molar-refractivity contribution in [1.29, 1.82) is 0 Å².